The Hall–Kier alpha value is -0.690. The van der Waals surface area contributed by atoms with Crippen molar-refractivity contribution in [2.45, 2.75) is 44.2 Å². The van der Waals surface area contributed by atoms with Gasteiger partial charge < -0.3 is 4.74 Å². The number of rotatable bonds is 2. The summed E-state index contributed by atoms with van der Waals surface area (Å²) in [6.07, 6.45) is 5.61. The summed E-state index contributed by atoms with van der Waals surface area (Å²) >= 11 is 2.20. The van der Waals surface area contributed by atoms with Gasteiger partial charge in [0.1, 0.15) is 9.52 Å². The van der Waals surface area contributed by atoms with Crippen molar-refractivity contribution in [1.29, 1.82) is 0 Å². The molecule has 0 spiro atoms. The lowest BCUT2D eigenvalue weighted by atomic mass is 10.1. The monoisotopic (exact) mass is 386 g/mol. The van der Waals surface area contributed by atoms with Gasteiger partial charge in [0.2, 0.25) is 0 Å². The number of hydrogen-bond acceptors (Lipinski definition) is 2. The molecule has 1 saturated heterocycles. The molecule has 2 aromatic rings. The Morgan fingerprint density at radius 2 is 2.10 bits per heavy atom. The van der Waals surface area contributed by atoms with Crippen molar-refractivity contribution < 1.29 is 9.13 Å². The molecule has 1 aliphatic carbocycles. The summed E-state index contributed by atoms with van der Waals surface area (Å²) < 4.78 is 22.6. The predicted octanol–water partition coefficient (Wildman–Crippen LogP) is 4.36. The van der Waals surface area contributed by atoms with E-state index in [1.165, 1.54) is 6.42 Å². The average molecular weight is 386 g/mol. The molecule has 4 rings (SSSR count). The fourth-order valence-electron chi connectivity index (χ4n) is 3.06. The molecule has 1 aromatic carbocycles. The van der Waals surface area contributed by atoms with Crippen molar-refractivity contribution in [2.24, 2.45) is 0 Å². The number of nitrogens with zero attached hydrogens (tertiary/aromatic N) is 2. The second-order valence-corrected chi connectivity index (χ2v) is 6.74. The molecular formula is C15H16FIN2O. The number of benzene rings is 1. The standard InChI is InChI=1S/C15H16FIN2O/c16-10-7-11(9-4-5-9)14-12(8-10)15(17)18-19(14)13-3-1-2-6-20-13/h7-9,13H,1-6H2. The molecule has 2 heterocycles. The molecule has 1 atom stereocenters. The molecule has 3 nitrogen and oxygen atoms in total. The van der Waals surface area contributed by atoms with Crippen LogP contribution in [0, 0.1) is 9.52 Å². The van der Waals surface area contributed by atoms with Gasteiger partial charge in [0, 0.05) is 12.0 Å². The summed E-state index contributed by atoms with van der Waals surface area (Å²) in [4.78, 5) is 0. The highest BCUT2D eigenvalue weighted by Crippen LogP contribution is 2.45. The molecule has 0 N–H and O–H groups in total. The fourth-order valence-corrected chi connectivity index (χ4v) is 3.71. The zero-order valence-electron chi connectivity index (χ0n) is 11.1. The Morgan fingerprint density at radius 1 is 1.25 bits per heavy atom. The molecule has 20 heavy (non-hydrogen) atoms. The van der Waals surface area contributed by atoms with Crippen molar-refractivity contribution in [3.05, 3.63) is 27.2 Å². The van der Waals surface area contributed by atoms with Gasteiger partial charge in [0.05, 0.1) is 5.52 Å². The Balaban J connectivity index is 1.91. The molecule has 2 aliphatic rings. The van der Waals surface area contributed by atoms with Crippen molar-refractivity contribution in [3.8, 4) is 0 Å². The molecule has 1 saturated carbocycles. The second-order valence-electron chi connectivity index (χ2n) is 5.72. The molecule has 1 unspecified atom stereocenters. The first-order valence-electron chi connectivity index (χ1n) is 7.23. The smallest absolute Gasteiger partial charge is 0.150 e. The zero-order chi connectivity index (χ0) is 13.7. The van der Waals surface area contributed by atoms with Crippen LogP contribution in [0.4, 0.5) is 4.39 Å². The van der Waals surface area contributed by atoms with E-state index in [4.69, 9.17) is 4.74 Å². The van der Waals surface area contributed by atoms with Crippen LogP contribution in [0.2, 0.25) is 0 Å². The van der Waals surface area contributed by atoms with Gasteiger partial charge in [-0.2, -0.15) is 5.10 Å². The van der Waals surface area contributed by atoms with Crippen LogP contribution in [0.5, 0.6) is 0 Å². The summed E-state index contributed by atoms with van der Waals surface area (Å²) in [5, 5.41) is 5.57. The van der Waals surface area contributed by atoms with Gasteiger partial charge >= 0.3 is 0 Å². The van der Waals surface area contributed by atoms with Crippen molar-refractivity contribution in [1.82, 2.24) is 9.78 Å². The summed E-state index contributed by atoms with van der Waals surface area (Å²) in [5.41, 5.74) is 2.20. The second kappa shape index (κ2) is 4.94. The van der Waals surface area contributed by atoms with E-state index in [0.29, 0.717) is 5.92 Å². The normalized spacial score (nSPS) is 23.4. The molecule has 2 fully saturated rings. The van der Waals surface area contributed by atoms with Gasteiger partial charge in [-0.15, -0.1) is 0 Å². The molecule has 106 valence electrons. The van der Waals surface area contributed by atoms with Crippen LogP contribution in [0.25, 0.3) is 10.9 Å². The lowest BCUT2D eigenvalue weighted by molar-refractivity contribution is -0.0369. The molecule has 1 aromatic heterocycles. The third-order valence-corrected chi connectivity index (χ3v) is 4.99. The lowest BCUT2D eigenvalue weighted by Gasteiger charge is -2.24. The minimum Gasteiger partial charge on any atom is -0.356 e. The first kappa shape index (κ1) is 13.0. The maximum absolute atomic E-state index is 13.8. The summed E-state index contributed by atoms with van der Waals surface area (Å²) in [7, 11) is 0. The maximum Gasteiger partial charge on any atom is 0.150 e. The zero-order valence-corrected chi connectivity index (χ0v) is 13.3. The van der Waals surface area contributed by atoms with Gasteiger partial charge in [-0.1, -0.05) is 0 Å². The topological polar surface area (TPSA) is 27.1 Å². The van der Waals surface area contributed by atoms with Gasteiger partial charge in [-0.25, -0.2) is 9.07 Å². The molecular weight excluding hydrogens is 370 g/mol. The quantitative estimate of drug-likeness (QED) is 0.718. The lowest BCUT2D eigenvalue weighted by Crippen LogP contribution is -2.19. The van der Waals surface area contributed by atoms with Crippen LogP contribution < -0.4 is 0 Å². The minimum absolute atomic E-state index is 0.0118. The molecule has 0 bridgehead atoms. The van der Waals surface area contributed by atoms with E-state index in [-0.39, 0.29) is 12.0 Å². The average Bonchev–Trinajstić information content (AvgIpc) is 3.25. The first-order chi connectivity index (χ1) is 9.74. The van der Waals surface area contributed by atoms with Gasteiger partial charge in [0.15, 0.2) is 6.23 Å². The summed E-state index contributed by atoms with van der Waals surface area (Å²) in [6, 6.07) is 3.30. The third kappa shape index (κ3) is 2.15. The van der Waals surface area contributed by atoms with Crippen molar-refractivity contribution >= 4 is 33.5 Å². The van der Waals surface area contributed by atoms with Crippen LogP contribution in [-0.4, -0.2) is 16.4 Å². The van der Waals surface area contributed by atoms with Crippen LogP contribution in [0.3, 0.4) is 0 Å². The van der Waals surface area contributed by atoms with Crippen molar-refractivity contribution in [3.63, 3.8) is 0 Å². The number of fused-ring (bicyclic) bond motifs is 1. The van der Waals surface area contributed by atoms with Gasteiger partial charge in [-0.3, -0.25) is 0 Å². The summed E-state index contributed by atoms with van der Waals surface area (Å²) in [6.45, 7) is 0.794. The van der Waals surface area contributed by atoms with Crippen LogP contribution in [-0.2, 0) is 4.74 Å². The maximum atomic E-state index is 13.8. The molecule has 0 radical (unpaired) electrons. The Labute approximate surface area is 130 Å². The highest BCUT2D eigenvalue weighted by Gasteiger charge is 2.30. The first-order valence-corrected chi connectivity index (χ1v) is 8.30. The molecule has 5 heteroatoms. The van der Waals surface area contributed by atoms with Gasteiger partial charge in [0.25, 0.3) is 0 Å². The van der Waals surface area contributed by atoms with Crippen LogP contribution in [0.1, 0.15) is 49.8 Å². The van der Waals surface area contributed by atoms with Crippen LogP contribution >= 0.6 is 22.6 Å². The number of aromatic nitrogens is 2. The van der Waals surface area contributed by atoms with E-state index < -0.39 is 0 Å². The van der Waals surface area contributed by atoms with E-state index in [2.05, 4.69) is 27.7 Å². The minimum atomic E-state index is -0.151. The fraction of sp³-hybridized carbons (Fsp3) is 0.533. The van der Waals surface area contributed by atoms with Crippen molar-refractivity contribution in [2.75, 3.05) is 6.61 Å². The SMILES string of the molecule is Fc1cc(C2CC2)c2c(c1)c(I)nn2C1CCCCO1. The Morgan fingerprint density at radius 3 is 2.80 bits per heavy atom. The highest BCUT2D eigenvalue weighted by atomic mass is 127. The summed E-state index contributed by atoms with van der Waals surface area (Å²) in [5.74, 6) is 0.351. The van der Waals surface area contributed by atoms with E-state index >= 15 is 0 Å². The third-order valence-electron chi connectivity index (χ3n) is 4.20. The molecule has 0 amide bonds. The largest absolute Gasteiger partial charge is 0.356 e. The Bertz CT molecular complexity index is 659. The molecule has 1 aliphatic heterocycles. The number of halogens is 2. The highest BCUT2D eigenvalue weighted by molar-refractivity contribution is 14.1. The van der Waals surface area contributed by atoms with Crippen LogP contribution in [0.15, 0.2) is 12.1 Å². The Kier molecular flexibility index (Phi) is 3.22. The van der Waals surface area contributed by atoms with E-state index in [0.717, 1.165) is 52.5 Å². The van der Waals surface area contributed by atoms with E-state index in [1.54, 1.807) is 12.1 Å². The van der Waals surface area contributed by atoms with E-state index in [9.17, 15) is 4.39 Å². The predicted molar refractivity (Wildman–Crippen MR) is 83.2 cm³/mol. The van der Waals surface area contributed by atoms with E-state index in [1.807, 2.05) is 4.68 Å². The van der Waals surface area contributed by atoms with Gasteiger partial charge in [-0.05, 0) is 78.3 Å². The number of ether oxygens (including phenoxy) is 1. The number of hydrogen-bond donors (Lipinski definition) is 0.